The van der Waals surface area contributed by atoms with Crippen LogP contribution in [-0.4, -0.2) is 46.9 Å². The molecule has 0 aliphatic carbocycles. The van der Waals surface area contributed by atoms with Gasteiger partial charge < -0.3 is 9.64 Å². The predicted octanol–water partition coefficient (Wildman–Crippen LogP) is 3.33. The molecule has 0 N–H and O–H groups in total. The fourth-order valence-corrected chi connectivity index (χ4v) is 4.15. The third kappa shape index (κ3) is 3.68. The van der Waals surface area contributed by atoms with Crippen molar-refractivity contribution in [3.8, 4) is 0 Å². The topological polar surface area (TPSA) is 47.4 Å². The lowest BCUT2D eigenvalue weighted by atomic mass is 9.91. The fourth-order valence-electron chi connectivity index (χ4n) is 4.15. The van der Waals surface area contributed by atoms with Gasteiger partial charge in [-0.15, -0.1) is 0 Å². The number of hydrogen-bond acceptors (Lipinski definition) is 3. The summed E-state index contributed by atoms with van der Waals surface area (Å²) < 4.78 is 7.43. The summed E-state index contributed by atoms with van der Waals surface area (Å²) in [6.45, 7) is 3.31. The standard InChI is InChI=1S/C21H27N3O2/c1-23-14-20(13-22-23)17-8-10-24(11-9-17)21(25)18-6-4-16(5-7-18)19-3-2-12-26-15-19/h4-7,13-14,17,19H,2-3,8-12,15H2,1H3. The Morgan fingerprint density at radius 2 is 1.85 bits per heavy atom. The van der Waals surface area contributed by atoms with E-state index in [2.05, 4.69) is 23.4 Å². The van der Waals surface area contributed by atoms with E-state index in [1.54, 1.807) is 0 Å². The van der Waals surface area contributed by atoms with E-state index in [1.165, 1.54) is 17.5 Å². The molecule has 1 aromatic heterocycles. The van der Waals surface area contributed by atoms with Gasteiger partial charge in [0.05, 0.1) is 12.8 Å². The summed E-state index contributed by atoms with van der Waals surface area (Å²) in [5, 5.41) is 4.27. The second-order valence-corrected chi connectivity index (χ2v) is 7.55. The first-order chi connectivity index (χ1) is 12.7. The van der Waals surface area contributed by atoms with Gasteiger partial charge in [-0.1, -0.05) is 12.1 Å². The van der Waals surface area contributed by atoms with Crippen LogP contribution in [0.3, 0.4) is 0 Å². The number of piperidine rings is 1. The van der Waals surface area contributed by atoms with Gasteiger partial charge in [0.25, 0.3) is 5.91 Å². The van der Waals surface area contributed by atoms with E-state index in [0.717, 1.165) is 51.1 Å². The van der Waals surface area contributed by atoms with Gasteiger partial charge in [-0.05, 0) is 54.9 Å². The van der Waals surface area contributed by atoms with E-state index < -0.39 is 0 Å². The van der Waals surface area contributed by atoms with Crippen LogP contribution in [0.15, 0.2) is 36.7 Å². The van der Waals surface area contributed by atoms with Crippen LogP contribution in [0.25, 0.3) is 0 Å². The highest BCUT2D eigenvalue weighted by Gasteiger charge is 2.25. The number of carbonyl (C=O) groups excluding carboxylic acids is 1. The molecule has 138 valence electrons. The Balaban J connectivity index is 1.36. The van der Waals surface area contributed by atoms with Gasteiger partial charge in [0.15, 0.2) is 0 Å². The molecule has 0 spiro atoms. The number of ether oxygens (including phenoxy) is 1. The van der Waals surface area contributed by atoms with Crippen molar-refractivity contribution in [2.75, 3.05) is 26.3 Å². The fraction of sp³-hybridized carbons (Fsp3) is 0.524. The van der Waals surface area contributed by atoms with Crippen molar-refractivity contribution in [3.63, 3.8) is 0 Å². The van der Waals surface area contributed by atoms with E-state index in [4.69, 9.17) is 4.74 Å². The number of aromatic nitrogens is 2. The third-order valence-corrected chi connectivity index (χ3v) is 5.77. The first-order valence-electron chi connectivity index (χ1n) is 9.66. The van der Waals surface area contributed by atoms with Crippen molar-refractivity contribution < 1.29 is 9.53 Å². The summed E-state index contributed by atoms with van der Waals surface area (Å²) in [4.78, 5) is 14.8. The maximum Gasteiger partial charge on any atom is 0.253 e. The average molecular weight is 353 g/mol. The highest BCUT2D eigenvalue weighted by Crippen LogP contribution is 2.29. The van der Waals surface area contributed by atoms with E-state index in [9.17, 15) is 4.79 Å². The van der Waals surface area contributed by atoms with Crippen molar-refractivity contribution in [3.05, 3.63) is 53.3 Å². The molecule has 1 atom stereocenters. The van der Waals surface area contributed by atoms with Crippen LogP contribution in [0.4, 0.5) is 0 Å². The number of aryl methyl sites for hydroxylation is 1. The number of hydrogen-bond donors (Lipinski definition) is 0. The van der Waals surface area contributed by atoms with E-state index in [0.29, 0.717) is 11.8 Å². The zero-order chi connectivity index (χ0) is 17.9. The molecule has 1 amide bonds. The van der Waals surface area contributed by atoms with Crippen molar-refractivity contribution in [1.82, 2.24) is 14.7 Å². The number of carbonyl (C=O) groups is 1. The van der Waals surface area contributed by atoms with E-state index >= 15 is 0 Å². The van der Waals surface area contributed by atoms with Crippen LogP contribution < -0.4 is 0 Å². The Labute approximate surface area is 154 Å². The van der Waals surface area contributed by atoms with Gasteiger partial charge in [-0.2, -0.15) is 5.10 Å². The van der Waals surface area contributed by atoms with E-state index in [-0.39, 0.29) is 5.91 Å². The zero-order valence-corrected chi connectivity index (χ0v) is 15.4. The molecule has 5 nitrogen and oxygen atoms in total. The molecule has 2 aliphatic rings. The molecule has 2 aliphatic heterocycles. The molecule has 5 heteroatoms. The molecule has 4 rings (SSSR count). The van der Waals surface area contributed by atoms with Crippen LogP contribution in [0.2, 0.25) is 0 Å². The van der Waals surface area contributed by atoms with Gasteiger partial charge in [-0.3, -0.25) is 9.48 Å². The van der Waals surface area contributed by atoms with Gasteiger partial charge >= 0.3 is 0 Å². The summed E-state index contributed by atoms with van der Waals surface area (Å²) >= 11 is 0. The Bertz CT molecular complexity index is 739. The maximum atomic E-state index is 12.8. The number of benzene rings is 1. The molecular weight excluding hydrogens is 326 g/mol. The largest absolute Gasteiger partial charge is 0.381 e. The molecule has 3 heterocycles. The predicted molar refractivity (Wildman–Crippen MR) is 100 cm³/mol. The highest BCUT2D eigenvalue weighted by atomic mass is 16.5. The molecule has 2 saturated heterocycles. The smallest absolute Gasteiger partial charge is 0.253 e. The van der Waals surface area contributed by atoms with E-state index in [1.807, 2.05) is 35.0 Å². The van der Waals surface area contributed by atoms with Gasteiger partial charge in [-0.25, -0.2) is 0 Å². The number of likely N-dealkylation sites (tertiary alicyclic amines) is 1. The van der Waals surface area contributed by atoms with Crippen LogP contribution >= 0.6 is 0 Å². The minimum Gasteiger partial charge on any atom is -0.381 e. The Kier molecular flexibility index (Phi) is 5.07. The second-order valence-electron chi connectivity index (χ2n) is 7.55. The van der Waals surface area contributed by atoms with Gasteiger partial charge in [0.2, 0.25) is 0 Å². The van der Waals surface area contributed by atoms with Crippen molar-refractivity contribution in [2.24, 2.45) is 7.05 Å². The van der Waals surface area contributed by atoms with Crippen LogP contribution in [0.5, 0.6) is 0 Å². The van der Waals surface area contributed by atoms with Crippen LogP contribution in [0, 0.1) is 0 Å². The van der Waals surface area contributed by atoms with Crippen LogP contribution in [-0.2, 0) is 11.8 Å². The molecule has 26 heavy (non-hydrogen) atoms. The lowest BCUT2D eigenvalue weighted by Gasteiger charge is -2.31. The molecule has 2 aromatic rings. The molecule has 0 radical (unpaired) electrons. The van der Waals surface area contributed by atoms with Crippen LogP contribution in [0.1, 0.15) is 59.0 Å². The second kappa shape index (κ2) is 7.62. The molecule has 0 saturated carbocycles. The minimum atomic E-state index is 0.154. The first-order valence-corrected chi connectivity index (χ1v) is 9.66. The Hall–Kier alpha value is -2.14. The maximum absolute atomic E-state index is 12.8. The molecule has 0 bridgehead atoms. The number of rotatable bonds is 3. The third-order valence-electron chi connectivity index (χ3n) is 5.77. The zero-order valence-electron chi connectivity index (χ0n) is 15.4. The SMILES string of the molecule is Cn1cc(C2CCN(C(=O)c3ccc(C4CCCOC4)cc3)CC2)cn1. The summed E-state index contributed by atoms with van der Waals surface area (Å²) in [6.07, 6.45) is 8.36. The Morgan fingerprint density at radius 1 is 1.08 bits per heavy atom. The lowest BCUT2D eigenvalue weighted by molar-refractivity contribution is 0.0713. The van der Waals surface area contributed by atoms with Gasteiger partial charge in [0, 0.05) is 44.4 Å². The summed E-state index contributed by atoms with van der Waals surface area (Å²) in [6, 6.07) is 8.18. The number of amides is 1. The quantitative estimate of drug-likeness (QED) is 0.850. The Morgan fingerprint density at radius 3 is 2.46 bits per heavy atom. The average Bonchev–Trinajstić information content (AvgIpc) is 3.15. The van der Waals surface area contributed by atoms with Crippen molar-refractivity contribution >= 4 is 5.91 Å². The normalized spacial score (nSPS) is 21.7. The summed E-state index contributed by atoms with van der Waals surface area (Å²) in [5.41, 5.74) is 3.38. The summed E-state index contributed by atoms with van der Waals surface area (Å²) in [5.74, 6) is 1.14. The van der Waals surface area contributed by atoms with Crippen molar-refractivity contribution in [2.45, 2.75) is 37.5 Å². The van der Waals surface area contributed by atoms with Gasteiger partial charge in [0.1, 0.15) is 0 Å². The lowest BCUT2D eigenvalue weighted by Crippen LogP contribution is -2.37. The first kappa shape index (κ1) is 17.3. The molecule has 1 unspecified atom stereocenters. The van der Waals surface area contributed by atoms with Crippen molar-refractivity contribution in [1.29, 1.82) is 0 Å². The molecule has 2 fully saturated rings. The number of nitrogens with zero attached hydrogens (tertiary/aromatic N) is 3. The molecule has 1 aromatic carbocycles. The monoisotopic (exact) mass is 353 g/mol. The minimum absolute atomic E-state index is 0.154. The highest BCUT2D eigenvalue weighted by molar-refractivity contribution is 5.94. The summed E-state index contributed by atoms with van der Waals surface area (Å²) in [7, 11) is 1.95. The molecular formula is C21H27N3O2.